The summed E-state index contributed by atoms with van der Waals surface area (Å²) in [5.41, 5.74) is 5.25. The summed E-state index contributed by atoms with van der Waals surface area (Å²) in [4.78, 5) is 10.1. The number of aliphatic carboxylic acids is 1. The van der Waals surface area contributed by atoms with Gasteiger partial charge in [-0.1, -0.05) is 6.08 Å². The standard InChI is InChI=1S/C6H11NO4S/c1-12(10,11)3-2-5(7)4-6(8)9/h2-3,5H,4,7H2,1H3,(H,8,9)/t5-/m1/s1. The summed E-state index contributed by atoms with van der Waals surface area (Å²) in [6.45, 7) is 0. The lowest BCUT2D eigenvalue weighted by molar-refractivity contribution is -0.137. The highest BCUT2D eigenvalue weighted by Gasteiger charge is 2.04. The quantitative estimate of drug-likeness (QED) is 0.618. The molecule has 0 fully saturated rings. The van der Waals surface area contributed by atoms with E-state index in [2.05, 4.69) is 0 Å². The first-order valence-corrected chi connectivity index (χ1v) is 5.12. The van der Waals surface area contributed by atoms with Gasteiger partial charge in [0.25, 0.3) is 0 Å². The topological polar surface area (TPSA) is 97.5 Å². The lowest BCUT2D eigenvalue weighted by atomic mass is 10.2. The second-order valence-corrected chi connectivity index (χ2v) is 4.35. The molecule has 0 bridgehead atoms. The lowest BCUT2D eigenvalue weighted by Crippen LogP contribution is -2.21. The molecule has 0 aliphatic heterocycles. The van der Waals surface area contributed by atoms with Crippen molar-refractivity contribution in [2.24, 2.45) is 5.73 Å². The molecule has 0 unspecified atom stereocenters. The Morgan fingerprint density at radius 3 is 2.50 bits per heavy atom. The molecule has 0 aliphatic rings. The smallest absolute Gasteiger partial charge is 0.305 e. The minimum atomic E-state index is -3.21. The maximum absolute atomic E-state index is 10.5. The van der Waals surface area contributed by atoms with Crippen molar-refractivity contribution in [2.45, 2.75) is 12.5 Å². The van der Waals surface area contributed by atoms with Crippen molar-refractivity contribution in [2.75, 3.05) is 6.26 Å². The van der Waals surface area contributed by atoms with Gasteiger partial charge in [-0.3, -0.25) is 4.79 Å². The van der Waals surface area contributed by atoms with E-state index in [4.69, 9.17) is 10.8 Å². The van der Waals surface area contributed by atoms with Gasteiger partial charge in [0.2, 0.25) is 0 Å². The van der Waals surface area contributed by atoms with E-state index < -0.39 is 21.8 Å². The lowest BCUT2D eigenvalue weighted by Gasteiger charge is -1.99. The van der Waals surface area contributed by atoms with Gasteiger partial charge in [0.15, 0.2) is 9.84 Å². The van der Waals surface area contributed by atoms with E-state index >= 15 is 0 Å². The van der Waals surface area contributed by atoms with E-state index in [0.717, 1.165) is 17.7 Å². The van der Waals surface area contributed by atoms with E-state index in [-0.39, 0.29) is 6.42 Å². The molecule has 0 aromatic rings. The van der Waals surface area contributed by atoms with Crippen LogP contribution in [0.1, 0.15) is 6.42 Å². The molecule has 70 valence electrons. The molecular weight excluding hydrogens is 182 g/mol. The summed E-state index contributed by atoms with van der Waals surface area (Å²) in [6, 6.07) is -0.753. The SMILES string of the molecule is CS(=O)(=O)C=C[C@@H](N)CC(=O)O. The van der Waals surface area contributed by atoms with E-state index in [1.54, 1.807) is 0 Å². The zero-order valence-electron chi connectivity index (χ0n) is 6.60. The first kappa shape index (κ1) is 11.1. The molecule has 12 heavy (non-hydrogen) atoms. The zero-order valence-corrected chi connectivity index (χ0v) is 7.41. The number of nitrogens with two attached hydrogens (primary N) is 1. The summed E-state index contributed by atoms with van der Waals surface area (Å²) >= 11 is 0. The van der Waals surface area contributed by atoms with Crippen molar-refractivity contribution in [1.29, 1.82) is 0 Å². The molecule has 0 amide bonds. The fraction of sp³-hybridized carbons (Fsp3) is 0.500. The van der Waals surface area contributed by atoms with Crippen LogP contribution in [0.4, 0.5) is 0 Å². The molecule has 0 radical (unpaired) electrons. The second kappa shape index (κ2) is 4.22. The average Bonchev–Trinajstić information content (AvgIpc) is 1.80. The molecule has 0 rings (SSSR count). The van der Waals surface area contributed by atoms with Gasteiger partial charge in [0.05, 0.1) is 6.42 Å². The van der Waals surface area contributed by atoms with Crippen molar-refractivity contribution in [1.82, 2.24) is 0 Å². The van der Waals surface area contributed by atoms with Crippen LogP contribution in [0.2, 0.25) is 0 Å². The first-order chi connectivity index (χ1) is 5.31. The van der Waals surface area contributed by atoms with Gasteiger partial charge in [-0.15, -0.1) is 0 Å². The maximum atomic E-state index is 10.5. The largest absolute Gasteiger partial charge is 0.481 e. The molecule has 0 saturated heterocycles. The van der Waals surface area contributed by atoms with Gasteiger partial charge in [0, 0.05) is 17.7 Å². The Hall–Kier alpha value is -0.880. The highest BCUT2D eigenvalue weighted by Crippen LogP contribution is 1.93. The maximum Gasteiger partial charge on any atom is 0.305 e. The Morgan fingerprint density at radius 2 is 2.17 bits per heavy atom. The molecular formula is C6H11NO4S. The van der Waals surface area contributed by atoms with Crippen LogP contribution in [0.5, 0.6) is 0 Å². The van der Waals surface area contributed by atoms with Crippen LogP contribution in [0.25, 0.3) is 0 Å². The number of carboxylic acid groups (broad SMARTS) is 1. The Labute approximate surface area is 70.8 Å². The minimum Gasteiger partial charge on any atom is -0.481 e. The van der Waals surface area contributed by atoms with Crippen LogP contribution in [-0.2, 0) is 14.6 Å². The summed E-state index contributed by atoms with van der Waals surface area (Å²) < 4.78 is 21.1. The fourth-order valence-electron chi connectivity index (χ4n) is 0.513. The Bertz CT molecular complexity index is 280. The van der Waals surface area contributed by atoms with Crippen LogP contribution in [0, 0.1) is 0 Å². The van der Waals surface area contributed by atoms with Crippen LogP contribution in [-0.4, -0.2) is 31.8 Å². The molecule has 0 saturated carbocycles. The van der Waals surface area contributed by atoms with Gasteiger partial charge in [-0.25, -0.2) is 8.42 Å². The van der Waals surface area contributed by atoms with Crippen molar-refractivity contribution < 1.29 is 18.3 Å². The summed E-state index contributed by atoms with van der Waals surface area (Å²) in [7, 11) is -3.21. The molecule has 5 nitrogen and oxygen atoms in total. The molecule has 0 heterocycles. The Balaban J connectivity index is 4.10. The highest BCUT2D eigenvalue weighted by atomic mass is 32.2. The van der Waals surface area contributed by atoms with Crippen molar-refractivity contribution >= 4 is 15.8 Å². The number of hydrogen-bond acceptors (Lipinski definition) is 4. The average molecular weight is 193 g/mol. The van der Waals surface area contributed by atoms with Gasteiger partial charge in [-0.05, 0) is 0 Å². The second-order valence-electron chi connectivity index (χ2n) is 2.42. The van der Waals surface area contributed by atoms with Crippen LogP contribution < -0.4 is 5.73 Å². The number of carboxylic acids is 1. The predicted molar refractivity (Wildman–Crippen MR) is 44.2 cm³/mol. The monoisotopic (exact) mass is 193 g/mol. The summed E-state index contributed by atoms with van der Waals surface area (Å²) in [5, 5.41) is 9.15. The van der Waals surface area contributed by atoms with E-state index in [1.165, 1.54) is 0 Å². The van der Waals surface area contributed by atoms with Crippen molar-refractivity contribution in [3.63, 3.8) is 0 Å². The molecule has 0 aromatic heterocycles. The van der Waals surface area contributed by atoms with Crippen molar-refractivity contribution in [3.05, 3.63) is 11.5 Å². The first-order valence-electron chi connectivity index (χ1n) is 3.17. The highest BCUT2D eigenvalue weighted by molar-refractivity contribution is 7.93. The normalized spacial score (nSPS) is 14.8. The predicted octanol–water partition coefficient (Wildman–Crippen LogP) is -0.653. The molecule has 6 heteroatoms. The van der Waals surface area contributed by atoms with Gasteiger partial charge in [0.1, 0.15) is 0 Å². The molecule has 0 aliphatic carbocycles. The van der Waals surface area contributed by atoms with Crippen molar-refractivity contribution in [3.8, 4) is 0 Å². The fourth-order valence-corrected chi connectivity index (χ4v) is 1.00. The van der Waals surface area contributed by atoms with Gasteiger partial charge < -0.3 is 10.8 Å². The number of carbonyl (C=O) groups is 1. The molecule has 1 atom stereocenters. The summed E-state index contributed by atoms with van der Waals surface area (Å²) in [6.07, 6.45) is 1.90. The molecule has 0 aromatic carbocycles. The van der Waals surface area contributed by atoms with Crippen LogP contribution >= 0.6 is 0 Å². The van der Waals surface area contributed by atoms with E-state index in [9.17, 15) is 13.2 Å². The van der Waals surface area contributed by atoms with Crippen LogP contribution in [0.15, 0.2) is 11.5 Å². The number of hydrogen-bond donors (Lipinski definition) is 2. The minimum absolute atomic E-state index is 0.272. The molecule has 3 N–H and O–H groups in total. The third kappa shape index (κ3) is 7.23. The Kier molecular flexibility index (Phi) is 3.91. The number of sulfone groups is 1. The Morgan fingerprint density at radius 1 is 1.67 bits per heavy atom. The summed E-state index contributed by atoms with van der Waals surface area (Å²) in [5.74, 6) is -1.05. The van der Waals surface area contributed by atoms with Crippen LogP contribution in [0.3, 0.4) is 0 Å². The van der Waals surface area contributed by atoms with E-state index in [1.807, 2.05) is 0 Å². The molecule has 0 spiro atoms. The zero-order chi connectivity index (χ0) is 9.78. The number of rotatable bonds is 4. The third-order valence-electron chi connectivity index (χ3n) is 0.983. The van der Waals surface area contributed by atoms with Gasteiger partial charge in [-0.2, -0.15) is 0 Å². The van der Waals surface area contributed by atoms with Gasteiger partial charge >= 0.3 is 5.97 Å². The third-order valence-corrected chi connectivity index (χ3v) is 1.63. The van der Waals surface area contributed by atoms with E-state index in [0.29, 0.717) is 0 Å².